The van der Waals surface area contributed by atoms with Crippen LogP contribution in [0.5, 0.6) is 5.75 Å². The van der Waals surface area contributed by atoms with Crippen molar-refractivity contribution in [2.24, 2.45) is 0 Å². The number of methoxy groups -OCH3 is 1. The van der Waals surface area contributed by atoms with Crippen molar-refractivity contribution in [3.05, 3.63) is 28.8 Å². The molecule has 4 heteroatoms. The number of carboxylic acid groups (broad SMARTS) is 1. The van der Waals surface area contributed by atoms with Gasteiger partial charge in [0.1, 0.15) is 11.8 Å². The topological polar surface area (TPSA) is 70.3 Å². The molecule has 16 heavy (non-hydrogen) atoms. The van der Waals surface area contributed by atoms with Crippen LogP contribution in [0.15, 0.2) is 12.1 Å². The van der Waals surface area contributed by atoms with E-state index in [0.29, 0.717) is 16.9 Å². The minimum absolute atomic E-state index is 0.366. The van der Waals surface area contributed by atoms with Crippen LogP contribution < -0.4 is 4.74 Å². The Bertz CT molecular complexity index is 460. The molecule has 0 fully saturated rings. The van der Waals surface area contributed by atoms with E-state index in [2.05, 4.69) is 0 Å². The summed E-state index contributed by atoms with van der Waals surface area (Å²) < 4.78 is 5.09. The van der Waals surface area contributed by atoms with Crippen LogP contribution in [-0.4, -0.2) is 18.2 Å². The first-order valence-electron chi connectivity index (χ1n) is 4.82. The van der Waals surface area contributed by atoms with E-state index in [0.717, 1.165) is 5.56 Å². The van der Waals surface area contributed by atoms with E-state index < -0.39 is 11.9 Å². The van der Waals surface area contributed by atoms with Crippen LogP contribution in [0.1, 0.15) is 29.5 Å². The number of rotatable bonds is 3. The molecule has 0 aliphatic rings. The molecule has 0 aliphatic heterocycles. The van der Waals surface area contributed by atoms with Crippen LogP contribution in [0, 0.1) is 18.3 Å². The summed E-state index contributed by atoms with van der Waals surface area (Å²) in [6.45, 7) is 3.38. The van der Waals surface area contributed by atoms with Crippen molar-refractivity contribution < 1.29 is 14.6 Å². The Hall–Kier alpha value is -2.02. The summed E-state index contributed by atoms with van der Waals surface area (Å²) >= 11 is 0. The fraction of sp³-hybridized carbons (Fsp3) is 0.333. The van der Waals surface area contributed by atoms with Crippen molar-refractivity contribution in [2.75, 3.05) is 7.11 Å². The molecule has 0 saturated carbocycles. The lowest BCUT2D eigenvalue weighted by molar-refractivity contribution is -0.138. The third kappa shape index (κ3) is 2.14. The smallest absolute Gasteiger partial charge is 0.310 e. The number of carbonyl (C=O) groups is 1. The van der Waals surface area contributed by atoms with Crippen molar-refractivity contribution >= 4 is 5.97 Å². The average molecular weight is 219 g/mol. The largest absolute Gasteiger partial charge is 0.495 e. The van der Waals surface area contributed by atoms with E-state index in [1.165, 1.54) is 7.11 Å². The van der Waals surface area contributed by atoms with Gasteiger partial charge in [-0.15, -0.1) is 0 Å². The Morgan fingerprint density at radius 1 is 1.56 bits per heavy atom. The highest BCUT2D eigenvalue weighted by Gasteiger charge is 2.17. The third-order valence-corrected chi connectivity index (χ3v) is 2.49. The number of carboxylic acids is 1. The van der Waals surface area contributed by atoms with Crippen LogP contribution in [-0.2, 0) is 4.79 Å². The van der Waals surface area contributed by atoms with Gasteiger partial charge in [0.05, 0.1) is 18.6 Å². The van der Waals surface area contributed by atoms with Gasteiger partial charge >= 0.3 is 5.97 Å². The summed E-state index contributed by atoms with van der Waals surface area (Å²) in [4.78, 5) is 10.9. The maximum absolute atomic E-state index is 10.9. The van der Waals surface area contributed by atoms with Crippen LogP contribution in [0.3, 0.4) is 0 Å². The molecule has 1 aromatic carbocycles. The van der Waals surface area contributed by atoms with Gasteiger partial charge in [-0.25, -0.2) is 0 Å². The van der Waals surface area contributed by atoms with Gasteiger partial charge in [0.25, 0.3) is 0 Å². The highest BCUT2D eigenvalue weighted by Crippen LogP contribution is 2.28. The predicted octanol–water partition coefficient (Wildman–Crippen LogP) is 2.06. The summed E-state index contributed by atoms with van der Waals surface area (Å²) in [5, 5.41) is 17.8. The molecule has 0 aliphatic carbocycles. The van der Waals surface area contributed by atoms with Crippen LogP contribution in [0.25, 0.3) is 0 Å². The lowest BCUT2D eigenvalue weighted by Crippen LogP contribution is -2.08. The van der Waals surface area contributed by atoms with Gasteiger partial charge in [0.2, 0.25) is 0 Å². The molecule has 0 radical (unpaired) electrons. The maximum atomic E-state index is 10.9. The highest BCUT2D eigenvalue weighted by molar-refractivity contribution is 5.76. The molecule has 4 nitrogen and oxygen atoms in total. The number of nitriles is 1. The Labute approximate surface area is 94.1 Å². The van der Waals surface area contributed by atoms with Crippen molar-refractivity contribution in [3.8, 4) is 11.8 Å². The van der Waals surface area contributed by atoms with Gasteiger partial charge in [-0.3, -0.25) is 4.79 Å². The number of nitrogens with zero attached hydrogens (tertiary/aromatic N) is 1. The summed E-state index contributed by atoms with van der Waals surface area (Å²) in [5.41, 5.74) is 1.75. The van der Waals surface area contributed by atoms with Gasteiger partial charge < -0.3 is 9.84 Å². The van der Waals surface area contributed by atoms with E-state index in [1.807, 2.05) is 6.07 Å². The fourth-order valence-corrected chi connectivity index (χ4v) is 1.55. The number of ether oxygens (including phenoxy) is 1. The molecule has 0 saturated heterocycles. The van der Waals surface area contributed by atoms with E-state index in [4.69, 9.17) is 15.1 Å². The molecule has 1 rings (SSSR count). The number of hydrogen-bond acceptors (Lipinski definition) is 3. The van der Waals surface area contributed by atoms with Gasteiger partial charge in [0.15, 0.2) is 0 Å². The monoisotopic (exact) mass is 219 g/mol. The lowest BCUT2D eigenvalue weighted by atomic mass is 9.96. The van der Waals surface area contributed by atoms with Crippen molar-refractivity contribution in [1.29, 1.82) is 5.26 Å². The maximum Gasteiger partial charge on any atom is 0.310 e. The summed E-state index contributed by atoms with van der Waals surface area (Å²) in [7, 11) is 1.49. The molecule has 0 bridgehead atoms. The van der Waals surface area contributed by atoms with E-state index in [-0.39, 0.29) is 0 Å². The van der Waals surface area contributed by atoms with Gasteiger partial charge in [0, 0.05) is 0 Å². The second-order valence-electron chi connectivity index (χ2n) is 3.59. The molecular formula is C12H13NO3. The molecule has 84 valence electrons. The van der Waals surface area contributed by atoms with Crippen molar-refractivity contribution in [3.63, 3.8) is 0 Å². The molecule has 0 spiro atoms. The Kier molecular flexibility index (Phi) is 3.51. The van der Waals surface area contributed by atoms with E-state index in [9.17, 15) is 4.79 Å². The highest BCUT2D eigenvalue weighted by atomic mass is 16.5. The second kappa shape index (κ2) is 4.67. The minimum Gasteiger partial charge on any atom is -0.495 e. The van der Waals surface area contributed by atoms with Crippen LogP contribution >= 0.6 is 0 Å². The lowest BCUT2D eigenvalue weighted by Gasteiger charge is -2.12. The molecule has 0 amide bonds. The van der Waals surface area contributed by atoms with Gasteiger partial charge in [-0.2, -0.15) is 5.26 Å². The summed E-state index contributed by atoms with van der Waals surface area (Å²) in [5.74, 6) is -1.03. The Balaban J connectivity index is 3.32. The SMILES string of the molecule is COc1c(C)cc(C(C)C(=O)O)cc1C#N. The van der Waals surface area contributed by atoms with Gasteiger partial charge in [-0.05, 0) is 31.0 Å². The molecule has 1 N–H and O–H groups in total. The van der Waals surface area contributed by atoms with Crippen molar-refractivity contribution in [2.45, 2.75) is 19.8 Å². The zero-order chi connectivity index (χ0) is 12.3. The Morgan fingerprint density at radius 2 is 2.19 bits per heavy atom. The summed E-state index contributed by atoms with van der Waals surface area (Å²) in [6.07, 6.45) is 0. The number of aryl methyl sites for hydroxylation is 1. The predicted molar refractivity (Wildman–Crippen MR) is 58.5 cm³/mol. The number of hydrogen-bond donors (Lipinski definition) is 1. The molecule has 0 heterocycles. The molecule has 0 aromatic heterocycles. The van der Waals surface area contributed by atoms with Gasteiger partial charge in [-0.1, -0.05) is 6.07 Å². The molecule has 1 aromatic rings. The molecule has 1 unspecified atom stereocenters. The average Bonchev–Trinajstić information content (AvgIpc) is 2.26. The van der Waals surface area contributed by atoms with Crippen LogP contribution in [0.4, 0.5) is 0 Å². The minimum atomic E-state index is -0.909. The van der Waals surface area contributed by atoms with E-state index in [1.54, 1.807) is 26.0 Å². The zero-order valence-corrected chi connectivity index (χ0v) is 9.44. The first-order valence-corrected chi connectivity index (χ1v) is 4.82. The van der Waals surface area contributed by atoms with E-state index >= 15 is 0 Å². The molecular weight excluding hydrogens is 206 g/mol. The fourth-order valence-electron chi connectivity index (χ4n) is 1.55. The second-order valence-corrected chi connectivity index (χ2v) is 3.59. The summed E-state index contributed by atoms with van der Waals surface area (Å²) in [6, 6.07) is 5.30. The van der Waals surface area contributed by atoms with Crippen molar-refractivity contribution in [1.82, 2.24) is 0 Å². The number of aliphatic carboxylic acids is 1. The quantitative estimate of drug-likeness (QED) is 0.844. The van der Waals surface area contributed by atoms with Crippen LogP contribution in [0.2, 0.25) is 0 Å². The normalized spacial score (nSPS) is 11.6. The standard InChI is InChI=1S/C12H13NO3/c1-7-4-9(8(2)12(14)15)5-10(6-13)11(7)16-3/h4-5,8H,1-3H3,(H,14,15). The molecule has 1 atom stereocenters. The number of benzene rings is 1. The Morgan fingerprint density at radius 3 is 2.62 bits per heavy atom. The first kappa shape index (κ1) is 12.1. The first-order chi connectivity index (χ1) is 7.51. The third-order valence-electron chi connectivity index (χ3n) is 2.49. The zero-order valence-electron chi connectivity index (χ0n) is 9.44.